The van der Waals surface area contributed by atoms with Crippen molar-refractivity contribution in [3.63, 3.8) is 0 Å². The van der Waals surface area contributed by atoms with Gasteiger partial charge in [-0.15, -0.1) is 0 Å². The fourth-order valence-corrected chi connectivity index (χ4v) is 1.13. The molecule has 1 rings (SSSR count). The predicted octanol–water partition coefficient (Wildman–Crippen LogP) is 0.601. The Hall–Kier alpha value is -1.75. The summed E-state index contributed by atoms with van der Waals surface area (Å²) in [5.74, 6) is 0.929. The van der Waals surface area contributed by atoms with E-state index >= 15 is 0 Å². The summed E-state index contributed by atoms with van der Waals surface area (Å²) in [5.41, 5.74) is 5.81. The molecule has 1 aromatic rings. The highest BCUT2D eigenvalue weighted by molar-refractivity contribution is 5.92. The van der Waals surface area contributed by atoms with Crippen LogP contribution in [0.25, 0.3) is 0 Å². The van der Waals surface area contributed by atoms with E-state index in [1.54, 1.807) is 25.3 Å². The van der Waals surface area contributed by atoms with Crippen molar-refractivity contribution in [2.24, 2.45) is 5.73 Å². The van der Waals surface area contributed by atoms with Crippen molar-refractivity contribution in [3.05, 3.63) is 18.2 Å². The molecule has 1 aromatic carbocycles. The molecule has 0 saturated heterocycles. The lowest BCUT2D eigenvalue weighted by atomic mass is 10.2. The molecule has 82 valence electrons. The molecule has 0 heterocycles. The van der Waals surface area contributed by atoms with Crippen molar-refractivity contribution in [1.82, 2.24) is 0 Å². The second kappa shape index (κ2) is 5.21. The average Bonchev–Trinajstić information content (AvgIpc) is 2.28. The predicted molar refractivity (Wildman–Crippen MR) is 57.2 cm³/mol. The Morgan fingerprint density at radius 2 is 2.00 bits per heavy atom. The zero-order valence-electron chi connectivity index (χ0n) is 8.74. The summed E-state index contributed by atoms with van der Waals surface area (Å²) in [6.45, 7) is -0.0473. The van der Waals surface area contributed by atoms with E-state index in [0.717, 1.165) is 0 Å². The summed E-state index contributed by atoms with van der Waals surface area (Å²) in [6, 6.07) is 5.10. The van der Waals surface area contributed by atoms with Gasteiger partial charge in [-0.2, -0.15) is 0 Å². The molecule has 0 aromatic heterocycles. The van der Waals surface area contributed by atoms with E-state index in [0.29, 0.717) is 17.2 Å². The summed E-state index contributed by atoms with van der Waals surface area (Å²) < 4.78 is 10.1. The standard InChI is InChI=1S/C10H14N2O3/c1-14-8-4-3-7(5-9(8)15-2)12-10(13)6-11/h3-5H,6,11H2,1-2H3,(H,12,13). The number of rotatable bonds is 4. The molecule has 0 aliphatic rings. The van der Waals surface area contributed by atoms with Crippen molar-refractivity contribution < 1.29 is 14.3 Å². The summed E-state index contributed by atoms with van der Waals surface area (Å²) in [5, 5.41) is 2.62. The van der Waals surface area contributed by atoms with Gasteiger partial charge in [0.15, 0.2) is 11.5 Å². The van der Waals surface area contributed by atoms with Crippen molar-refractivity contribution in [1.29, 1.82) is 0 Å². The highest BCUT2D eigenvalue weighted by Crippen LogP contribution is 2.29. The summed E-state index contributed by atoms with van der Waals surface area (Å²) in [7, 11) is 3.09. The third kappa shape index (κ3) is 2.85. The second-order valence-electron chi connectivity index (χ2n) is 2.82. The number of hydrogen-bond acceptors (Lipinski definition) is 4. The Morgan fingerprint density at radius 1 is 1.33 bits per heavy atom. The van der Waals surface area contributed by atoms with Crippen LogP contribution in [-0.4, -0.2) is 26.7 Å². The number of anilines is 1. The lowest BCUT2D eigenvalue weighted by Gasteiger charge is -2.09. The molecular weight excluding hydrogens is 196 g/mol. The molecular formula is C10H14N2O3. The molecule has 0 saturated carbocycles. The van der Waals surface area contributed by atoms with Crippen LogP contribution in [0.15, 0.2) is 18.2 Å². The van der Waals surface area contributed by atoms with Crippen LogP contribution >= 0.6 is 0 Å². The molecule has 3 N–H and O–H groups in total. The molecule has 0 fully saturated rings. The maximum atomic E-state index is 11.0. The lowest BCUT2D eigenvalue weighted by molar-refractivity contribution is -0.114. The largest absolute Gasteiger partial charge is 0.493 e. The summed E-state index contributed by atoms with van der Waals surface area (Å²) in [6.07, 6.45) is 0. The zero-order chi connectivity index (χ0) is 11.3. The number of nitrogens with one attached hydrogen (secondary N) is 1. The topological polar surface area (TPSA) is 73.6 Å². The minimum absolute atomic E-state index is 0.0473. The highest BCUT2D eigenvalue weighted by Gasteiger charge is 2.05. The molecule has 1 amide bonds. The van der Waals surface area contributed by atoms with Crippen LogP contribution in [0.4, 0.5) is 5.69 Å². The Bertz CT molecular complexity index is 353. The van der Waals surface area contributed by atoms with E-state index in [2.05, 4.69) is 5.32 Å². The van der Waals surface area contributed by atoms with Gasteiger partial charge in [0.05, 0.1) is 20.8 Å². The first-order valence-corrected chi connectivity index (χ1v) is 4.43. The minimum Gasteiger partial charge on any atom is -0.493 e. The monoisotopic (exact) mass is 210 g/mol. The fourth-order valence-electron chi connectivity index (χ4n) is 1.13. The van der Waals surface area contributed by atoms with E-state index in [9.17, 15) is 4.79 Å². The van der Waals surface area contributed by atoms with Gasteiger partial charge in [-0.05, 0) is 12.1 Å². The van der Waals surface area contributed by atoms with Crippen molar-refractivity contribution >= 4 is 11.6 Å². The summed E-state index contributed by atoms with van der Waals surface area (Å²) >= 11 is 0. The van der Waals surface area contributed by atoms with Gasteiger partial charge in [-0.3, -0.25) is 4.79 Å². The molecule has 0 spiro atoms. The van der Waals surface area contributed by atoms with Gasteiger partial charge in [0.25, 0.3) is 0 Å². The van der Waals surface area contributed by atoms with Gasteiger partial charge >= 0.3 is 0 Å². The normalized spacial score (nSPS) is 9.53. The first-order valence-electron chi connectivity index (χ1n) is 4.43. The van der Waals surface area contributed by atoms with Gasteiger partial charge in [0, 0.05) is 11.8 Å². The number of benzene rings is 1. The smallest absolute Gasteiger partial charge is 0.238 e. The Labute approximate surface area is 88.2 Å². The van der Waals surface area contributed by atoms with Crippen LogP contribution in [-0.2, 0) is 4.79 Å². The average molecular weight is 210 g/mol. The van der Waals surface area contributed by atoms with E-state index in [1.807, 2.05) is 0 Å². The van der Waals surface area contributed by atoms with Gasteiger partial charge < -0.3 is 20.5 Å². The molecule has 5 nitrogen and oxygen atoms in total. The SMILES string of the molecule is COc1ccc(NC(=O)CN)cc1OC. The Kier molecular flexibility index (Phi) is 3.93. The van der Waals surface area contributed by atoms with Crippen LogP contribution < -0.4 is 20.5 Å². The van der Waals surface area contributed by atoms with Gasteiger partial charge in [-0.25, -0.2) is 0 Å². The third-order valence-electron chi connectivity index (χ3n) is 1.85. The third-order valence-corrected chi connectivity index (χ3v) is 1.85. The number of carbonyl (C=O) groups is 1. The van der Waals surface area contributed by atoms with Crippen molar-refractivity contribution in [2.45, 2.75) is 0 Å². The van der Waals surface area contributed by atoms with Crippen LogP contribution in [0.2, 0.25) is 0 Å². The van der Waals surface area contributed by atoms with E-state index in [4.69, 9.17) is 15.2 Å². The molecule has 0 unspecified atom stereocenters. The first kappa shape index (κ1) is 11.3. The van der Waals surface area contributed by atoms with Gasteiger partial charge in [0.2, 0.25) is 5.91 Å². The van der Waals surface area contributed by atoms with E-state index in [1.165, 1.54) is 7.11 Å². The van der Waals surface area contributed by atoms with Crippen LogP contribution in [0, 0.1) is 0 Å². The Balaban J connectivity index is 2.88. The van der Waals surface area contributed by atoms with Crippen LogP contribution in [0.1, 0.15) is 0 Å². The molecule has 5 heteroatoms. The van der Waals surface area contributed by atoms with E-state index in [-0.39, 0.29) is 12.5 Å². The molecule has 15 heavy (non-hydrogen) atoms. The minimum atomic E-state index is -0.248. The number of hydrogen-bond donors (Lipinski definition) is 2. The summed E-state index contributed by atoms with van der Waals surface area (Å²) in [4.78, 5) is 11.0. The maximum Gasteiger partial charge on any atom is 0.238 e. The second-order valence-corrected chi connectivity index (χ2v) is 2.82. The lowest BCUT2D eigenvalue weighted by Crippen LogP contribution is -2.21. The van der Waals surface area contributed by atoms with Crippen molar-refractivity contribution in [3.8, 4) is 11.5 Å². The van der Waals surface area contributed by atoms with Gasteiger partial charge in [0.1, 0.15) is 0 Å². The molecule has 0 aliphatic heterocycles. The number of carbonyl (C=O) groups excluding carboxylic acids is 1. The zero-order valence-corrected chi connectivity index (χ0v) is 8.74. The van der Waals surface area contributed by atoms with Crippen molar-refractivity contribution in [2.75, 3.05) is 26.1 Å². The quantitative estimate of drug-likeness (QED) is 0.763. The molecule has 0 aliphatic carbocycles. The number of ether oxygens (including phenoxy) is 2. The van der Waals surface area contributed by atoms with Gasteiger partial charge in [-0.1, -0.05) is 0 Å². The number of methoxy groups -OCH3 is 2. The van der Waals surface area contributed by atoms with Crippen LogP contribution in [0.3, 0.4) is 0 Å². The molecule has 0 atom stereocenters. The molecule has 0 bridgehead atoms. The Morgan fingerprint density at radius 3 is 2.53 bits per heavy atom. The molecule has 0 radical (unpaired) electrons. The number of amides is 1. The maximum absolute atomic E-state index is 11.0. The highest BCUT2D eigenvalue weighted by atomic mass is 16.5. The van der Waals surface area contributed by atoms with Crippen LogP contribution in [0.5, 0.6) is 11.5 Å². The first-order chi connectivity index (χ1) is 7.21. The fraction of sp³-hybridized carbons (Fsp3) is 0.300. The van der Waals surface area contributed by atoms with E-state index < -0.39 is 0 Å². The number of nitrogens with two attached hydrogens (primary N) is 1.